The van der Waals surface area contributed by atoms with E-state index in [4.69, 9.17) is 10.5 Å². The van der Waals surface area contributed by atoms with Gasteiger partial charge in [0.1, 0.15) is 17.3 Å². The van der Waals surface area contributed by atoms with Gasteiger partial charge in [0.25, 0.3) is 11.2 Å². The molecule has 0 bridgehead atoms. The van der Waals surface area contributed by atoms with Gasteiger partial charge >= 0.3 is 0 Å². The Bertz CT molecular complexity index is 1030. The van der Waals surface area contributed by atoms with Gasteiger partial charge in [0, 0.05) is 6.07 Å². The molecule has 0 atom stereocenters. The number of nitrogens with two attached hydrogens (primary N) is 1. The molecule has 2 aromatic carbocycles. The molecule has 0 aliphatic heterocycles. The van der Waals surface area contributed by atoms with Crippen molar-refractivity contribution in [3.63, 3.8) is 0 Å². The van der Waals surface area contributed by atoms with E-state index in [0.717, 1.165) is 11.6 Å². The van der Waals surface area contributed by atoms with Crippen molar-refractivity contribution in [3.05, 3.63) is 56.4 Å². The molecule has 0 spiro atoms. The summed E-state index contributed by atoms with van der Waals surface area (Å²) >= 11 is 0. The van der Waals surface area contributed by atoms with E-state index in [0.29, 0.717) is 17.1 Å². The number of nitro benzene ring substituents is 1. The number of rotatable bonds is 3. The van der Waals surface area contributed by atoms with Gasteiger partial charge in [0.05, 0.1) is 28.5 Å². The van der Waals surface area contributed by atoms with Crippen molar-refractivity contribution >= 4 is 22.3 Å². The van der Waals surface area contributed by atoms with Gasteiger partial charge in [-0.2, -0.15) is 0 Å². The molecule has 122 valence electrons. The number of nitrogens with one attached hydrogen (secondary N) is 1. The van der Waals surface area contributed by atoms with E-state index in [1.807, 2.05) is 19.1 Å². The molecule has 1 heterocycles. The third-order valence-electron chi connectivity index (χ3n) is 3.66. The summed E-state index contributed by atoms with van der Waals surface area (Å²) in [6.45, 7) is 1.91. The molecule has 0 fully saturated rings. The van der Waals surface area contributed by atoms with Crippen molar-refractivity contribution < 1.29 is 9.66 Å². The Hall–Kier alpha value is -3.42. The molecule has 3 aromatic rings. The maximum Gasteiger partial charge on any atom is 0.293 e. The maximum absolute atomic E-state index is 12.3. The topological polar surface area (TPSA) is 124 Å². The number of H-pyrrole nitrogens is 1. The van der Waals surface area contributed by atoms with Crippen molar-refractivity contribution in [2.45, 2.75) is 6.92 Å². The van der Waals surface area contributed by atoms with E-state index in [1.54, 1.807) is 6.07 Å². The number of aromatic nitrogens is 2. The molecule has 0 unspecified atom stereocenters. The highest BCUT2D eigenvalue weighted by Crippen LogP contribution is 2.30. The Balaban J connectivity index is 2.30. The van der Waals surface area contributed by atoms with E-state index < -0.39 is 10.5 Å². The third-order valence-corrected chi connectivity index (χ3v) is 3.66. The van der Waals surface area contributed by atoms with Crippen molar-refractivity contribution in [1.82, 2.24) is 9.97 Å². The van der Waals surface area contributed by atoms with Crippen LogP contribution < -0.4 is 16.0 Å². The molecular weight excluding hydrogens is 312 g/mol. The molecule has 0 amide bonds. The lowest BCUT2D eigenvalue weighted by Gasteiger charge is -2.10. The van der Waals surface area contributed by atoms with Gasteiger partial charge in [-0.3, -0.25) is 14.9 Å². The van der Waals surface area contributed by atoms with E-state index >= 15 is 0 Å². The standard InChI is InChI=1S/C16H14N4O4/c1-8-3-4-14(24-2)10(5-8)15-18-12-7-11(17)13(20(22)23)6-9(12)16(21)19-15/h3-7H,17H2,1-2H3,(H,18,19,21). The number of hydrogen-bond acceptors (Lipinski definition) is 6. The van der Waals surface area contributed by atoms with E-state index in [-0.39, 0.29) is 22.3 Å². The second kappa shape index (κ2) is 5.65. The summed E-state index contributed by atoms with van der Waals surface area (Å²) in [5, 5.41) is 11.1. The number of nitro groups is 1. The maximum atomic E-state index is 12.3. The van der Waals surface area contributed by atoms with Gasteiger partial charge in [-0.25, -0.2) is 4.98 Å². The minimum atomic E-state index is -0.633. The number of nitrogens with zero attached hydrogens (tertiary/aromatic N) is 2. The monoisotopic (exact) mass is 326 g/mol. The fraction of sp³-hybridized carbons (Fsp3) is 0.125. The largest absolute Gasteiger partial charge is 0.496 e. The number of aryl methyl sites for hydroxylation is 1. The average Bonchev–Trinajstić information content (AvgIpc) is 2.53. The first-order valence-corrected chi connectivity index (χ1v) is 7.03. The summed E-state index contributed by atoms with van der Waals surface area (Å²) in [7, 11) is 1.52. The summed E-state index contributed by atoms with van der Waals surface area (Å²) in [6, 6.07) is 7.95. The van der Waals surface area contributed by atoms with Crippen LogP contribution in [0.5, 0.6) is 5.75 Å². The summed E-state index contributed by atoms with van der Waals surface area (Å²) in [4.78, 5) is 29.7. The van der Waals surface area contributed by atoms with Gasteiger partial charge in [-0.1, -0.05) is 11.6 Å². The van der Waals surface area contributed by atoms with Gasteiger partial charge in [-0.05, 0) is 25.1 Å². The molecule has 24 heavy (non-hydrogen) atoms. The summed E-state index contributed by atoms with van der Waals surface area (Å²) in [5.41, 5.74) is 6.70. The number of benzene rings is 2. The zero-order valence-electron chi connectivity index (χ0n) is 13.0. The molecule has 1 aromatic heterocycles. The lowest BCUT2D eigenvalue weighted by atomic mass is 10.1. The number of nitrogen functional groups attached to an aromatic ring is 1. The van der Waals surface area contributed by atoms with Crippen molar-refractivity contribution in [3.8, 4) is 17.1 Å². The Morgan fingerprint density at radius 2 is 2.04 bits per heavy atom. The Morgan fingerprint density at radius 1 is 1.29 bits per heavy atom. The molecule has 3 N–H and O–H groups in total. The molecular formula is C16H14N4O4. The highest BCUT2D eigenvalue weighted by atomic mass is 16.6. The van der Waals surface area contributed by atoms with Crippen molar-refractivity contribution in [2.24, 2.45) is 0 Å². The molecule has 3 rings (SSSR count). The van der Waals surface area contributed by atoms with Crippen LogP contribution in [-0.2, 0) is 0 Å². The first-order chi connectivity index (χ1) is 11.4. The molecule has 0 radical (unpaired) electrons. The minimum absolute atomic E-state index is 0.0484. The Morgan fingerprint density at radius 3 is 2.71 bits per heavy atom. The van der Waals surface area contributed by atoms with E-state index in [9.17, 15) is 14.9 Å². The number of aromatic amines is 1. The lowest BCUT2D eigenvalue weighted by molar-refractivity contribution is -0.383. The van der Waals surface area contributed by atoms with Crippen LogP contribution in [0.1, 0.15) is 5.56 Å². The van der Waals surface area contributed by atoms with Gasteiger partial charge in [0.2, 0.25) is 0 Å². The molecule has 0 saturated carbocycles. The third kappa shape index (κ3) is 2.54. The van der Waals surface area contributed by atoms with E-state index in [1.165, 1.54) is 13.2 Å². The molecule has 8 nitrogen and oxygen atoms in total. The highest BCUT2D eigenvalue weighted by molar-refractivity contribution is 5.87. The fourth-order valence-corrected chi connectivity index (χ4v) is 2.48. The van der Waals surface area contributed by atoms with Crippen LogP contribution in [0.2, 0.25) is 0 Å². The normalized spacial score (nSPS) is 10.8. The first-order valence-electron chi connectivity index (χ1n) is 7.03. The molecule has 8 heteroatoms. The number of hydrogen-bond donors (Lipinski definition) is 2. The number of methoxy groups -OCH3 is 1. The van der Waals surface area contributed by atoms with Crippen LogP contribution in [0.15, 0.2) is 35.1 Å². The smallest absolute Gasteiger partial charge is 0.293 e. The minimum Gasteiger partial charge on any atom is -0.496 e. The van der Waals surface area contributed by atoms with Crippen LogP contribution in [0, 0.1) is 17.0 Å². The fourth-order valence-electron chi connectivity index (χ4n) is 2.48. The zero-order valence-corrected chi connectivity index (χ0v) is 13.0. The SMILES string of the molecule is COc1ccc(C)cc1-c1nc2cc(N)c([N+](=O)[O-])cc2c(=O)[nH]1. The van der Waals surface area contributed by atoms with Crippen molar-refractivity contribution in [2.75, 3.05) is 12.8 Å². The quantitative estimate of drug-likeness (QED) is 0.432. The summed E-state index contributed by atoms with van der Waals surface area (Å²) < 4.78 is 5.30. The average molecular weight is 326 g/mol. The lowest BCUT2D eigenvalue weighted by Crippen LogP contribution is -2.11. The number of fused-ring (bicyclic) bond motifs is 1. The van der Waals surface area contributed by atoms with Gasteiger partial charge in [0.15, 0.2) is 0 Å². The summed E-state index contributed by atoms with van der Waals surface area (Å²) in [6.07, 6.45) is 0. The van der Waals surface area contributed by atoms with Crippen molar-refractivity contribution in [1.29, 1.82) is 0 Å². The van der Waals surface area contributed by atoms with Crippen LogP contribution in [-0.4, -0.2) is 22.0 Å². The van der Waals surface area contributed by atoms with Crippen LogP contribution in [0.25, 0.3) is 22.3 Å². The van der Waals surface area contributed by atoms with Crippen LogP contribution in [0.4, 0.5) is 11.4 Å². The predicted molar refractivity (Wildman–Crippen MR) is 90.2 cm³/mol. The summed E-state index contributed by atoms with van der Waals surface area (Å²) in [5.74, 6) is 0.860. The van der Waals surface area contributed by atoms with Crippen LogP contribution in [0.3, 0.4) is 0 Å². The zero-order chi connectivity index (χ0) is 17.4. The van der Waals surface area contributed by atoms with E-state index in [2.05, 4.69) is 9.97 Å². The number of ether oxygens (including phenoxy) is 1. The molecule has 0 aliphatic carbocycles. The molecule has 0 aliphatic rings. The highest BCUT2D eigenvalue weighted by Gasteiger charge is 2.17. The van der Waals surface area contributed by atoms with Gasteiger partial charge in [-0.15, -0.1) is 0 Å². The second-order valence-corrected chi connectivity index (χ2v) is 5.30. The Kier molecular flexibility index (Phi) is 3.64. The predicted octanol–water partition coefficient (Wildman–Crippen LogP) is 2.40. The molecule has 0 saturated heterocycles. The van der Waals surface area contributed by atoms with Gasteiger partial charge < -0.3 is 15.5 Å². The van der Waals surface area contributed by atoms with Crippen LogP contribution >= 0.6 is 0 Å². The number of anilines is 1. The second-order valence-electron chi connectivity index (χ2n) is 5.30. The Labute approximate surface area is 136 Å². The first kappa shape index (κ1) is 15.5.